The fraction of sp³-hybridized carbons (Fsp3) is 0.538. The molecule has 0 radical (unpaired) electrons. The largest absolute Gasteiger partial charge is 0.479 e. The molecule has 0 unspecified atom stereocenters. The van der Waals surface area contributed by atoms with Crippen LogP contribution in [0.15, 0.2) is 0 Å². The summed E-state index contributed by atoms with van der Waals surface area (Å²) in [5.41, 5.74) is -1.73. The van der Waals surface area contributed by atoms with Gasteiger partial charge in [0, 0.05) is 20.1 Å². The van der Waals surface area contributed by atoms with Gasteiger partial charge in [0.1, 0.15) is 0 Å². The van der Waals surface area contributed by atoms with Gasteiger partial charge in [0.2, 0.25) is 17.7 Å². The first kappa shape index (κ1) is 17.2. The molecule has 0 saturated carbocycles. The predicted molar refractivity (Wildman–Crippen MR) is 76.7 cm³/mol. The first-order valence-corrected chi connectivity index (χ1v) is 7.19. The topological polar surface area (TPSA) is 94.4 Å². The SMILES string of the molecule is COc1nc(N2C[C@@H]3NC(=N)N(C)C(=O)[C@@H]3C2)nc(C(F)(F)F)c1F. The standard InChI is InChI=1S/C13H14F4N6O2/c1-22-10(24)5-3-23(4-6(5)19-11(22)18)12-20-8(13(15,16)17)7(14)9(21-12)25-2/h5-6H,3-4H2,1-2H3,(H2,18,19)/t5-,6+/m1/s1. The number of guanidine groups is 1. The minimum atomic E-state index is -5.02. The van der Waals surface area contributed by atoms with Gasteiger partial charge in [-0.2, -0.15) is 22.5 Å². The Hall–Kier alpha value is -2.66. The number of fused-ring (bicyclic) bond motifs is 1. The lowest BCUT2D eigenvalue weighted by Gasteiger charge is -2.32. The van der Waals surface area contributed by atoms with Crippen LogP contribution in [0.5, 0.6) is 5.88 Å². The molecule has 2 aliphatic heterocycles. The number of amides is 1. The smallest absolute Gasteiger partial charge is 0.436 e. The van der Waals surface area contributed by atoms with Gasteiger partial charge in [-0.3, -0.25) is 15.1 Å². The Morgan fingerprint density at radius 3 is 2.60 bits per heavy atom. The fourth-order valence-corrected chi connectivity index (χ4v) is 2.87. The van der Waals surface area contributed by atoms with Gasteiger partial charge in [0.05, 0.1) is 19.1 Å². The number of hydrogen-bond acceptors (Lipinski definition) is 6. The molecule has 0 bridgehead atoms. The number of alkyl halides is 3. The summed E-state index contributed by atoms with van der Waals surface area (Å²) in [7, 11) is 2.43. The third kappa shape index (κ3) is 2.81. The fourth-order valence-electron chi connectivity index (χ4n) is 2.87. The second kappa shape index (κ2) is 5.70. The van der Waals surface area contributed by atoms with Crippen molar-refractivity contribution in [1.29, 1.82) is 5.41 Å². The Morgan fingerprint density at radius 2 is 2.00 bits per heavy atom. The van der Waals surface area contributed by atoms with Crippen molar-refractivity contribution in [2.45, 2.75) is 12.2 Å². The maximum atomic E-state index is 13.8. The van der Waals surface area contributed by atoms with Crippen LogP contribution in [0.1, 0.15) is 5.69 Å². The van der Waals surface area contributed by atoms with Gasteiger partial charge in [-0.25, -0.2) is 4.98 Å². The summed E-state index contributed by atoms with van der Waals surface area (Å²) in [5.74, 6) is -3.90. The number of ether oxygens (including phenoxy) is 1. The molecule has 2 atom stereocenters. The lowest BCUT2D eigenvalue weighted by Crippen LogP contribution is -2.58. The number of halogens is 4. The van der Waals surface area contributed by atoms with Gasteiger partial charge >= 0.3 is 6.18 Å². The van der Waals surface area contributed by atoms with E-state index in [9.17, 15) is 22.4 Å². The van der Waals surface area contributed by atoms with Crippen molar-refractivity contribution in [1.82, 2.24) is 20.2 Å². The number of anilines is 1. The summed E-state index contributed by atoms with van der Waals surface area (Å²) in [4.78, 5) is 21.6. The summed E-state index contributed by atoms with van der Waals surface area (Å²) < 4.78 is 57.3. The Kier molecular flexibility index (Phi) is 3.92. The Balaban J connectivity index is 1.96. The van der Waals surface area contributed by atoms with E-state index in [0.29, 0.717) is 0 Å². The number of nitrogens with zero attached hydrogens (tertiary/aromatic N) is 4. The van der Waals surface area contributed by atoms with Crippen molar-refractivity contribution in [3.8, 4) is 5.88 Å². The molecule has 3 rings (SSSR count). The normalized spacial score (nSPS) is 23.6. The van der Waals surface area contributed by atoms with Gasteiger partial charge in [0.25, 0.3) is 5.88 Å². The van der Waals surface area contributed by atoms with Crippen LogP contribution in [0.25, 0.3) is 0 Å². The molecule has 1 aromatic heterocycles. The van der Waals surface area contributed by atoms with E-state index < -0.39 is 35.5 Å². The van der Waals surface area contributed by atoms with Crippen molar-refractivity contribution in [3.63, 3.8) is 0 Å². The molecule has 2 fully saturated rings. The van der Waals surface area contributed by atoms with E-state index in [4.69, 9.17) is 5.41 Å². The van der Waals surface area contributed by atoms with Gasteiger partial charge in [-0.15, -0.1) is 0 Å². The molecular formula is C13H14F4N6O2. The molecule has 136 valence electrons. The highest BCUT2D eigenvalue weighted by atomic mass is 19.4. The lowest BCUT2D eigenvalue weighted by atomic mass is 10.0. The number of rotatable bonds is 2. The number of aromatic nitrogens is 2. The Bertz CT molecular complexity index is 740. The summed E-state index contributed by atoms with van der Waals surface area (Å²) in [6.07, 6.45) is -5.02. The highest BCUT2D eigenvalue weighted by Crippen LogP contribution is 2.35. The molecule has 2 aliphatic rings. The zero-order valence-electron chi connectivity index (χ0n) is 13.2. The maximum absolute atomic E-state index is 13.8. The molecule has 3 heterocycles. The molecule has 8 nitrogen and oxygen atoms in total. The van der Waals surface area contributed by atoms with E-state index in [1.54, 1.807) is 0 Å². The average molecular weight is 362 g/mol. The number of methoxy groups -OCH3 is 1. The van der Waals surface area contributed by atoms with E-state index in [2.05, 4.69) is 20.0 Å². The van der Waals surface area contributed by atoms with E-state index in [0.717, 1.165) is 12.0 Å². The molecule has 2 N–H and O–H groups in total. The van der Waals surface area contributed by atoms with Crippen molar-refractivity contribution < 1.29 is 27.1 Å². The maximum Gasteiger partial charge on any atom is 0.436 e. The summed E-state index contributed by atoms with van der Waals surface area (Å²) in [6.45, 7) is 0.138. The summed E-state index contributed by atoms with van der Waals surface area (Å²) in [5, 5.41) is 10.5. The third-order valence-corrected chi connectivity index (χ3v) is 4.18. The van der Waals surface area contributed by atoms with Crippen molar-refractivity contribution in [2.75, 3.05) is 32.1 Å². The van der Waals surface area contributed by atoms with Crippen LogP contribution in [0.4, 0.5) is 23.5 Å². The van der Waals surface area contributed by atoms with Gasteiger partial charge < -0.3 is 15.0 Å². The zero-order chi connectivity index (χ0) is 18.5. The molecule has 12 heteroatoms. The summed E-state index contributed by atoms with van der Waals surface area (Å²) >= 11 is 0. The molecule has 1 aromatic rings. The van der Waals surface area contributed by atoms with Crippen LogP contribution >= 0.6 is 0 Å². The van der Waals surface area contributed by atoms with Crippen LogP contribution in [-0.4, -0.2) is 60.0 Å². The summed E-state index contributed by atoms with van der Waals surface area (Å²) in [6, 6.07) is -0.467. The van der Waals surface area contributed by atoms with Crippen molar-refractivity contribution >= 4 is 17.8 Å². The lowest BCUT2D eigenvalue weighted by molar-refractivity contribution is -0.144. The van der Waals surface area contributed by atoms with Crippen LogP contribution in [0.3, 0.4) is 0 Å². The van der Waals surface area contributed by atoms with Gasteiger partial charge in [-0.05, 0) is 0 Å². The van der Waals surface area contributed by atoms with Gasteiger partial charge in [0.15, 0.2) is 11.7 Å². The molecule has 2 saturated heterocycles. The highest BCUT2D eigenvalue weighted by Gasteiger charge is 2.46. The molecule has 25 heavy (non-hydrogen) atoms. The van der Waals surface area contributed by atoms with Crippen LogP contribution in [0, 0.1) is 17.1 Å². The van der Waals surface area contributed by atoms with E-state index in [1.807, 2.05) is 0 Å². The van der Waals surface area contributed by atoms with Crippen molar-refractivity contribution in [2.24, 2.45) is 5.92 Å². The minimum Gasteiger partial charge on any atom is -0.479 e. The monoisotopic (exact) mass is 362 g/mol. The highest BCUT2D eigenvalue weighted by molar-refractivity contribution is 6.00. The van der Waals surface area contributed by atoms with E-state index in [1.165, 1.54) is 11.9 Å². The van der Waals surface area contributed by atoms with Crippen LogP contribution in [0.2, 0.25) is 0 Å². The zero-order valence-corrected chi connectivity index (χ0v) is 13.2. The average Bonchev–Trinajstić information content (AvgIpc) is 2.96. The second-order valence-corrected chi connectivity index (χ2v) is 5.70. The number of carbonyl (C=O) groups is 1. The third-order valence-electron chi connectivity index (χ3n) is 4.18. The predicted octanol–water partition coefficient (Wildman–Crippen LogP) is 0.444. The molecule has 1 amide bonds. The molecular weight excluding hydrogens is 348 g/mol. The van der Waals surface area contributed by atoms with Crippen LogP contribution in [-0.2, 0) is 11.0 Å². The van der Waals surface area contributed by atoms with Crippen LogP contribution < -0.4 is 15.0 Å². The number of carbonyl (C=O) groups excluding carboxylic acids is 1. The quantitative estimate of drug-likeness (QED) is 0.742. The minimum absolute atomic E-state index is 0.0419. The Morgan fingerprint density at radius 1 is 1.32 bits per heavy atom. The first-order chi connectivity index (χ1) is 11.6. The van der Waals surface area contributed by atoms with Gasteiger partial charge in [-0.1, -0.05) is 0 Å². The molecule has 0 aliphatic carbocycles. The Labute approximate surface area is 139 Å². The molecule has 0 aromatic carbocycles. The number of nitrogens with one attached hydrogen (secondary N) is 2. The first-order valence-electron chi connectivity index (χ1n) is 7.19. The second-order valence-electron chi connectivity index (χ2n) is 5.70. The number of hydrogen-bond donors (Lipinski definition) is 2. The van der Waals surface area contributed by atoms with E-state index >= 15 is 0 Å². The van der Waals surface area contributed by atoms with Crippen molar-refractivity contribution in [3.05, 3.63) is 11.5 Å². The van der Waals surface area contributed by atoms with E-state index in [-0.39, 0.29) is 30.9 Å². The molecule has 0 spiro atoms.